The molecule has 106 valence electrons. The van der Waals surface area contributed by atoms with E-state index >= 15 is 0 Å². The Morgan fingerprint density at radius 3 is 2.50 bits per heavy atom. The van der Waals surface area contributed by atoms with Gasteiger partial charge in [0.15, 0.2) is 0 Å². The highest BCUT2D eigenvalue weighted by molar-refractivity contribution is 7.99. The molecule has 2 rings (SSSR count). The lowest BCUT2D eigenvalue weighted by molar-refractivity contribution is 0.588. The van der Waals surface area contributed by atoms with Crippen LogP contribution in [0.1, 0.15) is 0 Å². The number of halogens is 1. The van der Waals surface area contributed by atoms with E-state index in [1.807, 2.05) is 0 Å². The number of nitrogens with two attached hydrogens (primary N) is 1. The third-order valence-corrected chi connectivity index (χ3v) is 5.16. The van der Waals surface area contributed by atoms with E-state index in [0.717, 1.165) is 11.8 Å². The fourth-order valence-corrected chi connectivity index (χ4v) is 3.29. The molecule has 0 spiro atoms. The summed E-state index contributed by atoms with van der Waals surface area (Å²) in [7, 11) is -2.22. The highest BCUT2D eigenvalue weighted by Crippen LogP contribution is 2.34. The number of anilines is 1. The monoisotopic (exact) mass is 312 g/mol. The largest absolute Gasteiger partial charge is 0.398 e. The molecule has 4 nitrogen and oxygen atoms in total. The average molecular weight is 312 g/mol. The molecule has 0 fully saturated rings. The average Bonchev–Trinajstić information content (AvgIpc) is 2.43. The fourth-order valence-electron chi connectivity index (χ4n) is 1.53. The van der Waals surface area contributed by atoms with Gasteiger partial charge in [0, 0.05) is 15.5 Å². The number of rotatable bonds is 4. The SMILES string of the molecule is CNS(=O)(=O)c1ccc(N)c(Sc2ccccc2F)c1. The first kappa shape index (κ1) is 14.8. The number of sulfonamides is 1. The van der Waals surface area contributed by atoms with Gasteiger partial charge in [0.05, 0.1) is 4.90 Å². The highest BCUT2D eigenvalue weighted by Gasteiger charge is 2.14. The van der Waals surface area contributed by atoms with Crippen molar-refractivity contribution >= 4 is 27.5 Å². The minimum atomic E-state index is -3.55. The van der Waals surface area contributed by atoms with Gasteiger partial charge in [-0.3, -0.25) is 0 Å². The van der Waals surface area contributed by atoms with Gasteiger partial charge in [-0.1, -0.05) is 23.9 Å². The Hall–Kier alpha value is -1.57. The summed E-state index contributed by atoms with van der Waals surface area (Å²) in [5.41, 5.74) is 6.21. The van der Waals surface area contributed by atoms with Gasteiger partial charge in [-0.05, 0) is 37.4 Å². The minimum absolute atomic E-state index is 0.0908. The number of hydrogen-bond acceptors (Lipinski definition) is 4. The second-order valence-electron chi connectivity index (χ2n) is 3.94. The van der Waals surface area contributed by atoms with E-state index in [9.17, 15) is 12.8 Å². The molecular formula is C13H13FN2O2S2. The molecule has 7 heteroatoms. The predicted molar refractivity (Wildman–Crippen MR) is 77.6 cm³/mol. The summed E-state index contributed by atoms with van der Waals surface area (Å²) in [4.78, 5) is 0.970. The van der Waals surface area contributed by atoms with Gasteiger partial charge in [-0.2, -0.15) is 0 Å². The first-order valence-corrected chi connectivity index (χ1v) is 7.99. The van der Waals surface area contributed by atoms with E-state index in [1.54, 1.807) is 18.2 Å². The van der Waals surface area contributed by atoms with Crippen molar-refractivity contribution in [3.8, 4) is 0 Å². The van der Waals surface area contributed by atoms with E-state index in [0.29, 0.717) is 15.5 Å². The molecule has 0 heterocycles. The smallest absolute Gasteiger partial charge is 0.240 e. The second-order valence-corrected chi connectivity index (χ2v) is 6.91. The molecule has 0 unspecified atom stereocenters. The fraction of sp³-hybridized carbons (Fsp3) is 0.0769. The van der Waals surface area contributed by atoms with Gasteiger partial charge in [0.25, 0.3) is 0 Å². The third-order valence-electron chi connectivity index (χ3n) is 2.62. The second kappa shape index (κ2) is 5.82. The first-order chi connectivity index (χ1) is 9.44. The summed E-state index contributed by atoms with van der Waals surface area (Å²) >= 11 is 1.09. The summed E-state index contributed by atoms with van der Waals surface area (Å²) in [6, 6.07) is 10.6. The Bertz CT molecular complexity index is 733. The molecule has 0 amide bonds. The van der Waals surface area contributed by atoms with Crippen LogP contribution < -0.4 is 10.5 Å². The van der Waals surface area contributed by atoms with Gasteiger partial charge in [0.1, 0.15) is 5.82 Å². The minimum Gasteiger partial charge on any atom is -0.398 e. The van der Waals surface area contributed by atoms with Crippen LogP contribution in [0.4, 0.5) is 10.1 Å². The molecule has 0 aliphatic heterocycles. The molecule has 0 aliphatic carbocycles. The molecule has 0 saturated heterocycles. The summed E-state index contributed by atoms with van der Waals surface area (Å²) in [6.07, 6.45) is 0. The van der Waals surface area contributed by atoms with Crippen LogP contribution in [-0.2, 0) is 10.0 Å². The van der Waals surface area contributed by atoms with Crippen molar-refractivity contribution < 1.29 is 12.8 Å². The maximum atomic E-state index is 13.6. The Kier molecular flexibility index (Phi) is 4.32. The van der Waals surface area contributed by atoms with Gasteiger partial charge in [0.2, 0.25) is 10.0 Å². The zero-order valence-electron chi connectivity index (χ0n) is 10.6. The third kappa shape index (κ3) is 3.12. The predicted octanol–water partition coefficient (Wildman–Crippen LogP) is 2.47. The summed E-state index contributed by atoms with van der Waals surface area (Å²) in [5.74, 6) is -0.376. The van der Waals surface area contributed by atoms with Crippen LogP contribution in [0.2, 0.25) is 0 Å². The van der Waals surface area contributed by atoms with Gasteiger partial charge < -0.3 is 5.73 Å². The lowest BCUT2D eigenvalue weighted by Crippen LogP contribution is -2.18. The Morgan fingerprint density at radius 1 is 1.15 bits per heavy atom. The van der Waals surface area contributed by atoms with E-state index < -0.39 is 10.0 Å². The number of nitrogen functional groups attached to an aromatic ring is 1. The van der Waals surface area contributed by atoms with Crippen molar-refractivity contribution in [2.75, 3.05) is 12.8 Å². The molecule has 0 bridgehead atoms. The lowest BCUT2D eigenvalue weighted by atomic mass is 10.3. The molecule has 0 radical (unpaired) electrons. The maximum Gasteiger partial charge on any atom is 0.240 e. The van der Waals surface area contributed by atoms with Crippen LogP contribution in [0.5, 0.6) is 0 Å². The molecule has 2 aromatic rings. The summed E-state index contributed by atoms with van der Waals surface area (Å²) < 4.78 is 39.3. The van der Waals surface area contributed by atoms with Gasteiger partial charge >= 0.3 is 0 Å². The molecule has 0 aliphatic rings. The molecular weight excluding hydrogens is 299 g/mol. The first-order valence-electron chi connectivity index (χ1n) is 5.69. The molecule has 2 aromatic carbocycles. The highest BCUT2D eigenvalue weighted by atomic mass is 32.2. The molecule has 0 atom stereocenters. The van der Waals surface area contributed by atoms with Gasteiger partial charge in [-0.15, -0.1) is 0 Å². The summed E-state index contributed by atoms with van der Waals surface area (Å²) in [5, 5.41) is 0. The van der Waals surface area contributed by atoms with Crippen molar-refractivity contribution in [3.63, 3.8) is 0 Å². The van der Waals surface area contributed by atoms with Crippen molar-refractivity contribution in [3.05, 3.63) is 48.3 Å². The number of nitrogens with one attached hydrogen (secondary N) is 1. The molecule has 0 aromatic heterocycles. The van der Waals surface area contributed by atoms with E-state index in [4.69, 9.17) is 5.73 Å². The standard InChI is InChI=1S/C13H13FN2O2S2/c1-16-20(17,18)9-6-7-11(15)13(8-9)19-12-5-3-2-4-10(12)14/h2-8,16H,15H2,1H3. The van der Waals surface area contributed by atoms with Crippen LogP contribution >= 0.6 is 11.8 Å². The van der Waals surface area contributed by atoms with Crippen LogP contribution in [0, 0.1) is 5.82 Å². The number of hydrogen-bond donors (Lipinski definition) is 2. The van der Waals surface area contributed by atoms with Gasteiger partial charge in [-0.25, -0.2) is 17.5 Å². The van der Waals surface area contributed by atoms with Crippen molar-refractivity contribution in [1.29, 1.82) is 0 Å². The summed E-state index contributed by atoms with van der Waals surface area (Å²) in [6.45, 7) is 0. The van der Waals surface area contributed by atoms with Crippen molar-refractivity contribution in [2.45, 2.75) is 14.7 Å². The normalized spacial score (nSPS) is 11.5. The Morgan fingerprint density at radius 2 is 1.85 bits per heavy atom. The quantitative estimate of drug-likeness (QED) is 0.851. The Balaban J connectivity index is 2.42. The van der Waals surface area contributed by atoms with Crippen LogP contribution in [0.3, 0.4) is 0 Å². The van der Waals surface area contributed by atoms with Crippen LogP contribution in [0.25, 0.3) is 0 Å². The molecule has 0 saturated carbocycles. The molecule has 20 heavy (non-hydrogen) atoms. The van der Waals surface area contributed by atoms with Crippen LogP contribution in [0.15, 0.2) is 57.2 Å². The Labute approximate surface area is 121 Å². The topological polar surface area (TPSA) is 72.2 Å². The van der Waals surface area contributed by atoms with E-state index in [-0.39, 0.29) is 10.7 Å². The van der Waals surface area contributed by atoms with Crippen molar-refractivity contribution in [1.82, 2.24) is 4.72 Å². The number of benzene rings is 2. The molecule has 3 N–H and O–H groups in total. The zero-order chi connectivity index (χ0) is 14.8. The maximum absolute atomic E-state index is 13.6. The van der Waals surface area contributed by atoms with Crippen LogP contribution in [-0.4, -0.2) is 15.5 Å². The van der Waals surface area contributed by atoms with Crippen molar-refractivity contribution in [2.24, 2.45) is 0 Å². The van der Waals surface area contributed by atoms with E-state index in [2.05, 4.69) is 4.72 Å². The zero-order valence-corrected chi connectivity index (χ0v) is 12.3. The lowest BCUT2D eigenvalue weighted by Gasteiger charge is -2.09. The van der Waals surface area contributed by atoms with E-state index in [1.165, 1.54) is 31.3 Å².